The smallest absolute Gasteiger partial charge is 0.222 e. The van der Waals surface area contributed by atoms with Crippen molar-refractivity contribution in [2.45, 2.75) is 19.3 Å². The number of halogens is 1. The number of hydrogen-bond donors (Lipinski definition) is 2. The van der Waals surface area contributed by atoms with Crippen LogP contribution in [-0.2, 0) is 12.5 Å². The van der Waals surface area contributed by atoms with Crippen molar-refractivity contribution in [3.63, 3.8) is 0 Å². The second-order valence-electron chi connectivity index (χ2n) is 8.85. The summed E-state index contributed by atoms with van der Waals surface area (Å²) >= 11 is 0. The zero-order valence-electron chi connectivity index (χ0n) is 19.8. The number of nitrogens with one attached hydrogen (secondary N) is 2. The van der Waals surface area contributed by atoms with E-state index in [1.165, 1.54) is 18.5 Å². The molecule has 1 aromatic carbocycles. The third kappa shape index (κ3) is 4.68. The maximum atomic E-state index is 13.3. The average molecular weight is 472 g/mol. The number of benzene rings is 1. The van der Waals surface area contributed by atoms with Gasteiger partial charge in [-0.25, -0.2) is 23.9 Å². The Morgan fingerprint density at radius 2 is 1.60 bits per heavy atom. The van der Waals surface area contributed by atoms with Crippen molar-refractivity contribution in [2.24, 2.45) is 7.05 Å². The summed E-state index contributed by atoms with van der Waals surface area (Å²) in [6, 6.07) is 8.57. The molecule has 0 saturated heterocycles. The van der Waals surface area contributed by atoms with Crippen molar-refractivity contribution in [1.82, 2.24) is 34.3 Å². The van der Waals surface area contributed by atoms with Gasteiger partial charge < -0.3 is 10.6 Å². The fraction of sp³-hybridized carbons (Fsp3) is 0.240. The molecule has 0 aliphatic carbocycles. The van der Waals surface area contributed by atoms with Crippen LogP contribution in [0.3, 0.4) is 0 Å². The van der Waals surface area contributed by atoms with E-state index in [9.17, 15) is 4.39 Å². The SMILES string of the molecule is Cn1cc(-c2cc3c(NCCNc4ncc(C(C)(C)c5ccc(F)cc5)cn4)ncnn3c2)cn1. The molecule has 0 radical (unpaired) electrons. The molecule has 2 N–H and O–H groups in total. The second kappa shape index (κ2) is 9.13. The van der Waals surface area contributed by atoms with Crippen molar-refractivity contribution >= 4 is 17.3 Å². The molecule has 0 unspecified atom stereocenters. The molecule has 5 aromatic rings. The summed E-state index contributed by atoms with van der Waals surface area (Å²) in [5.41, 5.74) is 4.55. The van der Waals surface area contributed by atoms with Gasteiger partial charge in [0.15, 0.2) is 5.82 Å². The number of rotatable bonds is 8. The fourth-order valence-electron chi connectivity index (χ4n) is 3.92. The van der Waals surface area contributed by atoms with Gasteiger partial charge in [0.1, 0.15) is 17.7 Å². The van der Waals surface area contributed by atoms with Gasteiger partial charge in [-0.1, -0.05) is 26.0 Å². The lowest BCUT2D eigenvalue weighted by molar-refractivity contribution is 0.611. The molecule has 0 saturated carbocycles. The molecule has 9 nitrogen and oxygen atoms in total. The standard InChI is InChI=1S/C25H26FN9/c1-25(2,19-4-6-21(26)7-5-19)20-12-29-24(30-13-20)28-9-8-27-23-22-10-17(15-35(22)33-16-31-23)18-11-32-34(3)14-18/h4-7,10-16H,8-9H2,1-3H3,(H,27,31,33)(H,28,29,30). The lowest BCUT2D eigenvalue weighted by atomic mass is 9.79. The van der Waals surface area contributed by atoms with Crippen LogP contribution < -0.4 is 10.6 Å². The molecule has 0 amide bonds. The maximum absolute atomic E-state index is 13.3. The predicted molar refractivity (Wildman–Crippen MR) is 133 cm³/mol. The van der Waals surface area contributed by atoms with E-state index in [2.05, 4.69) is 49.6 Å². The average Bonchev–Trinajstić information content (AvgIpc) is 3.49. The van der Waals surface area contributed by atoms with Gasteiger partial charge in [0.2, 0.25) is 5.95 Å². The number of aryl methyl sites for hydroxylation is 1. The molecular weight excluding hydrogens is 445 g/mol. The van der Waals surface area contributed by atoms with Crippen molar-refractivity contribution in [3.05, 3.63) is 84.6 Å². The van der Waals surface area contributed by atoms with E-state index in [-0.39, 0.29) is 11.2 Å². The van der Waals surface area contributed by atoms with Crippen LogP contribution in [0.4, 0.5) is 16.2 Å². The summed E-state index contributed by atoms with van der Waals surface area (Å²) in [6.07, 6.45) is 10.9. The van der Waals surface area contributed by atoms with Crippen molar-refractivity contribution < 1.29 is 4.39 Å². The highest BCUT2D eigenvalue weighted by molar-refractivity contribution is 5.76. The Bertz CT molecular complexity index is 1440. The molecule has 178 valence electrons. The largest absolute Gasteiger partial charge is 0.366 e. The topological polar surface area (TPSA) is 97.8 Å². The van der Waals surface area contributed by atoms with E-state index >= 15 is 0 Å². The molecule has 0 spiro atoms. The monoisotopic (exact) mass is 471 g/mol. The normalized spacial score (nSPS) is 11.7. The second-order valence-corrected chi connectivity index (χ2v) is 8.85. The van der Waals surface area contributed by atoms with Crippen LogP contribution in [0.5, 0.6) is 0 Å². The lowest BCUT2D eigenvalue weighted by Crippen LogP contribution is -2.20. The van der Waals surface area contributed by atoms with Gasteiger partial charge in [-0.3, -0.25) is 4.68 Å². The molecule has 5 rings (SSSR count). The number of aromatic nitrogens is 7. The summed E-state index contributed by atoms with van der Waals surface area (Å²) in [6.45, 7) is 5.36. The van der Waals surface area contributed by atoms with Crippen LogP contribution in [0.15, 0.2) is 67.6 Å². The number of anilines is 2. The molecule has 0 bridgehead atoms. The lowest BCUT2D eigenvalue weighted by Gasteiger charge is -2.25. The maximum Gasteiger partial charge on any atom is 0.222 e. The summed E-state index contributed by atoms with van der Waals surface area (Å²) in [7, 11) is 1.89. The minimum atomic E-state index is -0.335. The van der Waals surface area contributed by atoms with E-state index in [1.54, 1.807) is 33.7 Å². The van der Waals surface area contributed by atoms with Gasteiger partial charge in [-0.2, -0.15) is 10.2 Å². The van der Waals surface area contributed by atoms with Crippen LogP contribution in [-0.4, -0.2) is 47.4 Å². The van der Waals surface area contributed by atoms with E-state index in [0.717, 1.165) is 33.6 Å². The summed E-state index contributed by atoms with van der Waals surface area (Å²) in [5, 5.41) is 15.1. The van der Waals surface area contributed by atoms with Gasteiger partial charge >= 0.3 is 0 Å². The first-order valence-electron chi connectivity index (χ1n) is 11.3. The predicted octanol–water partition coefficient (Wildman–Crippen LogP) is 3.91. The van der Waals surface area contributed by atoms with Crippen molar-refractivity contribution in [2.75, 3.05) is 23.7 Å². The van der Waals surface area contributed by atoms with E-state index in [4.69, 9.17) is 0 Å². The summed E-state index contributed by atoms with van der Waals surface area (Å²) in [5.74, 6) is 1.04. The molecule has 0 aliphatic rings. The molecule has 10 heteroatoms. The Hall–Kier alpha value is -4.34. The fourth-order valence-corrected chi connectivity index (χ4v) is 3.92. The zero-order valence-corrected chi connectivity index (χ0v) is 19.8. The minimum absolute atomic E-state index is 0.248. The number of fused-ring (bicyclic) bond motifs is 1. The Kier molecular flexibility index (Phi) is 5.86. The minimum Gasteiger partial charge on any atom is -0.366 e. The van der Waals surface area contributed by atoms with E-state index < -0.39 is 0 Å². The Balaban J connectivity index is 1.20. The van der Waals surface area contributed by atoms with Crippen LogP contribution in [0.2, 0.25) is 0 Å². The van der Waals surface area contributed by atoms with Gasteiger partial charge in [-0.15, -0.1) is 0 Å². The van der Waals surface area contributed by atoms with Crippen LogP contribution in [0.1, 0.15) is 25.0 Å². The van der Waals surface area contributed by atoms with Gasteiger partial charge in [0, 0.05) is 61.5 Å². The van der Waals surface area contributed by atoms with Crippen LogP contribution >= 0.6 is 0 Å². The molecule has 0 aliphatic heterocycles. The van der Waals surface area contributed by atoms with Gasteiger partial charge in [0.25, 0.3) is 0 Å². The van der Waals surface area contributed by atoms with E-state index in [1.807, 2.05) is 31.7 Å². The summed E-state index contributed by atoms with van der Waals surface area (Å²) < 4.78 is 16.9. The number of hydrogen-bond acceptors (Lipinski definition) is 7. The Labute approximate surface area is 202 Å². The third-order valence-corrected chi connectivity index (χ3v) is 6.08. The quantitative estimate of drug-likeness (QED) is 0.331. The van der Waals surface area contributed by atoms with Crippen LogP contribution in [0.25, 0.3) is 16.6 Å². The third-order valence-electron chi connectivity index (χ3n) is 6.08. The molecule has 4 heterocycles. The molecular formula is C25H26FN9. The highest BCUT2D eigenvalue weighted by atomic mass is 19.1. The first-order chi connectivity index (χ1) is 16.9. The van der Waals surface area contributed by atoms with Gasteiger partial charge in [0.05, 0.1) is 6.20 Å². The highest BCUT2D eigenvalue weighted by Crippen LogP contribution is 2.31. The molecule has 0 fully saturated rings. The Morgan fingerprint density at radius 3 is 2.31 bits per heavy atom. The molecule has 35 heavy (non-hydrogen) atoms. The molecule has 4 aromatic heterocycles. The first-order valence-corrected chi connectivity index (χ1v) is 11.3. The van der Waals surface area contributed by atoms with Crippen molar-refractivity contribution in [1.29, 1.82) is 0 Å². The highest BCUT2D eigenvalue weighted by Gasteiger charge is 2.24. The first kappa shape index (κ1) is 22.5. The van der Waals surface area contributed by atoms with E-state index in [0.29, 0.717) is 19.0 Å². The van der Waals surface area contributed by atoms with Gasteiger partial charge in [-0.05, 0) is 29.3 Å². The van der Waals surface area contributed by atoms with Crippen LogP contribution in [0, 0.1) is 5.82 Å². The molecule has 0 atom stereocenters. The number of nitrogens with zero attached hydrogens (tertiary/aromatic N) is 7. The zero-order chi connectivity index (χ0) is 24.4. The Morgan fingerprint density at radius 1 is 0.857 bits per heavy atom. The summed E-state index contributed by atoms with van der Waals surface area (Å²) in [4.78, 5) is 13.3. The van der Waals surface area contributed by atoms with Crippen molar-refractivity contribution in [3.8, 4) is 11.1 Å².